The highest BCUT2D eigenvalue weighted by molar-refractivity contribution is 5.73. The van der Waals surface area contributed by atoms with Gasteiger partial charge in [0.1, 0.15) is 0 Å². The van der Waals surface area contributed by atoms with Gasteiger partial charge in [0.05, 0.1) is 12.7 Å². The number of hydrogen-bond donors (Lipinski definition) is 1. The first-order valence-electron chi connectivity index (χ1n) is 5.72. The lowest BCUT2D eigenvalue weighted by Crippen LogP contribution is -2.29. The van der Waals surface area contributed by atoms with Crippen LogP contribution >= 0.6 is 0 Å². The summed E-state index contributed by atoms with van der Waals surface area (Å²) in [6, 6.07) is 0. The largest absolute Gasteiger partial charge is 0.383 e. The molecular weight excluding hydrogens is 204 g/mol. The summed E-state index contributed by atoms with van der Waals surface area (Å²) in [6.45, 7) is 4.66. The minimum absolute atomic E-state index is 0.143. The molecule has 2 rings (SSSR count). The number of nitrogens with one attached hydrogen (secondary N) is 1. The van der Waals surface area contributed by atoms with Gasteiger partial charge in [0.15, 0.2) is 0 Å². The molecule has 1 atom stereocenters. The first kappa shape index (κ1) is 11.2. The molecule has 2 aliphatic heterocycles. The van der Waals surface area contributed by atoms with Gasteiger partial charge in [-0.1, -0.05) is 12.2 Å². The molecule has 0 saturated carbocycles. The quantitative estimate of drug-likeness (QED) is 0.763. The fraction of sp³-hybridized carbons (Fsp3) is 0.583. The minimum Gasteiger partial charge on any atom is -0.383 e. The van der Waals surface area contributed by atoms with E-state index < -0.39 is 0 Å². The van der Waals surface area contributed by atoms with Crippen LogP contribution in [0.4, 0.5) is 0 Å². The smallest absolute Gasteiger partial charge is 0.219 e. The molecule has 4 heteroatoms. The number of allylic oxidation sites excluding steroid dienone is 2. The van der Waals surface area contributed by atoms with Crippen molar-refractivity contribution < 1.29 is 9.53 Å². The van der Waals surface area contributed by atoms with Gasteiger partial charge in [-0.2, -0.15) is 0 Å². The van der Waals surface area contributed by atoms with E-state index in [2.05, 4.69) is 11.4 Å². The predicted molar refractivity (Wildman–Crippen MR) is 61.8 cm³/mol. The topological polar surface area (TPSA) is 41.6 Å². The summed E-state index contributed by atoms with van der Waals surface area (Å²) in [6.07, 6.45) is 7.27. The van der Waals surface area contributed by atoms with E-state index >= 15 is 0 Å². The van der Waals surface area contributed by atoms with Crippen LogP contribution in [0.2, 0.25) is 0 Å². The third-order valence-corrected chi connectivity index (χ3v) is 2.95. The van der Waals surface area contributed by atoms with Crippen LogP contribution in [0.3, 0.4) is 0 Å². The van der Waals surface area contributed by atoms with E-state index in [-0.39, 0.29) is 12.0 Å². The molecule has 4 nitrogen and oxygen atoms in total. The summed E-state index contributed by atoms with van der Waals surface area (Å²) in [5, 5.41) is 3.25. The van der Waals surface area contributed by atoms with Crippen molar-refractivity contribution in [2.24, 2.45) is 0 Å². The molecule has 0 bridgehead atoms. The van der Waals surface area contributed by atoms with Crippen LogP contribution < -0.4 is 5.32 Å². The lowest BCUT2D eigenvalue weighted by Gasteiger charge is -2.17. The monoisotopic (exact) mass is 222 g/mol. The molecule has 1 N–H and O–H groups in total. The Bertz CT molecular complexity index is 323. The number of dihydropyridines is 1. The van der Waals surface area contributed by atoms with Crippen molar-refractivity contribution in [3.63, 3.8) is 0 Å². The summed E-state index contributed by atoms with van der Waals surface area (Å²) in [7, 11) is 0. The molecule has 1 saturated heterocycles. The van der Waals surface area contributed by atoms with Gasteiger partial charge in [0, 0.05) is 32.3 Å². The number of rotatable bonds is 3. The molecule has 0 unspecified atom stereocenters. The van der Waals surface area contributed by atoms with Gasteiger partial charge in [0.2, 0.25) is 5.91 Å². The lowest BCUT2D eigenvalue weighted by atomic mass is 10.3. The van der Waals surface area contributed by atoms with Crippen LogP contribution in [-0.4, -0.2) is 43.2 Å². The normalized spacial score (nSPS) is 24.2. The van der Waals surface area contributed by atoms with Crippen molar-refractivity contribution in [3.8, 4) is 0 Å². The molecule has 0 radical (unpaired) electrons. The Morgan fingerprint density at radius 3 is 3.19 bits per heavy atom. The molecule has 0 aromatic rings. The molecule has 2 heterocycles. The second kappa shape index (κ2) is 5.16. The maximum absolute atomic E-state index is 11.1. The van der Waals surface area contributed by atoms with E-state index in [1.54, 1.807) is 6.92 Å². The molecule has 0 aromatic carbocycles. The highest BCUT2D eigenvalue weighted by Gasteiger charge is 2.24. The van der Waals surface area contributed by atoms with Gasteiger partial charge in [-0.15, -0.1) is 0 Å². The highest BCUT2D eigenvalue weighted by atomic mass is 16.5. The van der Waals surface area contributed by atoms with Gasteiger partial charge in [0.25, 0.3) is 0 Å². The lowest BCUT2D eigenvalue weighted by molar-refractivity contribution is -0.128. The Balaban J connectivity index is 1.73. The molecule has 2 aliphatic rings. The number of nitrogens with zero attached hydrogens (tertiary/aromatic N) is 1. The Kier molecular flexibility index (Phi) is 3.62. The Morgan fingerprint density at radius 1 is 1.69 bits per heavy atom. The second-order valence-corrected chi connectivity index (χ2v) is 4.19. The van der Waals surface area contributed by atoms with Gasteiger partial charge in [-0.3, -0.25) is 4.79 Å². The first-order chi connectivity index (χ1) is 7.75. The highest BCUT2D eigenvalue weighted by Crippen LogP contribution is 2.13. The number of hydrogen-bond acceptors (Lipinski definition) is 3. The fourth-order valence-corrected chi connectivity index (χ4v) is 1.96. The van der Waals surface area contributed by atoms with Gasteiger partial charge >= 0.3 is 0 Å². The number of likely N-dealkylation sites (tertiary alicyclic amines) is 1. The molecule has 0 aliphatic carbocycles. The van der Waals surface area contributed by atoms with Crippen LogP contribution in [0.25, 0.3) is 0 Å². The maximum atomic E-state index is 11.1. The van der Waals surface area contributed by atoms with Crippen molar-refractivity contribution in [2.45, 2.75) is 19.4 Å². The van der Waals surface area contributed by atoms with Crippen LogP contribution in [-0.2, 0) is 9.53 Å². The average molecular weight is 222 g/mol. The van der Waals surface area contributed by atoms with Crippen LogP contribution in [0.5, 0.6) is 0 Å². The predicted octanol–water partition coefficient (Wildman–Crippen LogP) is 0.667. The number of carbonyl (C=O) groups excluding carboxylic acids is 1. The molecular formula is C12H18N2O2. The van der Waals surface area contributed by atoms with Gasteiger partial charge in [-0.05, 0) is 12.5 Å². The minimum atomic E-state index is 0.143. The molecule has 88 valence electrons. The van der Waals surface area contributed by atoms with Crippen molar-refractivity contribution in [1.82, 2.24) is 10.2 Å². The van der Waals surface area contributed by atoms with Crippen LogP contribution in [0, 0.1) is 0 Å². The van der Waals surface area contributed by atoms with Crippen molar-refractivity contribution in [3.05, 3.63) is 23.9 Å². The standard InChI is InChI=1S/C12H18N2O2/c1-10(15)14-7-5-12(8-14)16-9-11-4-2-3-6-13-11/h2-4,12-13H,5-9H2,1H3/t12-/m1/s1. The summed E-state index contributed by atoms with van der Waals surface area (Å²) in [5.41, 5.74) is 1.11. The van der Waals surface area contributed by atoms with Crippen LogP contribution in [0.15, 0.2) is 23.9 Å². The summed E-state index contributed by atoms with van der Waals surface area (Å²) in [4.78, 5) is 13.0. The Morgan fingerprint density at radius 2 is 2.56 bits per heavy atom. The van der Waals surface area contributed by atoms with E-state index in [0.29, 0.717) is 6.61 Å². The molecule has 16 heavy (non-hydrogen) atoms. The van der Waals surface area contributed by atoms with Crippen molar-refractivity contribution in [1.29, 1.82) is 0 Å². The summed E-state index contributed by atoms with van der Waals surface area (Å²) < 4.78 is 5.76. The zero-order valence-corrected chi connectivity index (χ0v) is 9.61. The maximum Gasteiger partial charge on any atom is 0.219 e. The Hall–Kier alpha value is -1.29. The van der Waals surface area contributed by atoms with Crippen LogP contribution in [0.1, 0.15) is 13.3 Å². The Labute approximate surface area is 95.9 Å². The molecule has 0 aromatic heterocycles. The molecule has 1 amide bonds. The van der Waals surface area contributed by atoms with E-state index in [4.69, 9.17) is 4.74 Å². The van der Waals surface area contributed by atoms with Crippen molar-refractivity contribution >= 4 is 5.91 Å². The molecule has 1 fully saturated rings. The SMILES string of the molecule is CC(=O)N1CC[C@@H](OCC2=CC=CCN2)C1. The third kappa shape index (κ3) is 2.85. The average Bonchev–Trinajstić information content (AvgIpc) is 2.76. The van der Waals surface area contributed by atoms with E-state index in [0.717, 1.165) is 31.8 Å². The van der Waals surface area contributed by atoms with E-state index in [9.17, 15) is 4.79 Å². The third-order valence-electron chi connectivity index (χ3n) is 2.95. The zero-order valence-electron chi connectivity index (χ0n) is 9.61. The zero-order chi connectivity index (χ0) is 11.4. The number of carbonyl (C=O) groups is 1. The summed E-state index contributed by atoms with van der Waals surface area (Å²) in [5.74, 6) is 0.143. The molecule has 0 spiro atoms. The van der Waals surface area contributed by atoms with E-state index in [1.165, 1.54) is 0 Å². The first-order valence-corrected chi connectivity index (χ1v) is 5.72. The van der Waals surface area contributed by atoms with E-state index in [1.807, 2.05) is 17.1 Å². The number of amides is 1. The fourth-order valence-electron chi connectivity index (χ4n) is 1.96. The number of ether oxygens (including phenoxy) is 1. The summed E-state index contributed by atoms with van der Waals surface area (Å²) >= 11 is 0. The van der Waals surface area contributed by atoms with Gasteiger partial charge in [-0.25, -0.2) is 0 Å². The second-order valence-electron chi connectivity index (χ2n) is 4.19. The van der Waals surface area contributed by atoms with Crippen molar-refractivity contribution in [2.75, 3.05) is 26.2 Å². The van der Waals surface area contributed by atoms with Gasteiger partial charge < -0.3 is 15.0 Å².